The number of aryl methyl sites for hydroxylation is 2. The van der Waals surface area contributed by atoms with Crippen LogP contribution in [-0.2, 0) is 30.5 Å². The van der Waals surface area contributed by atoms with E-state index in [1.807, 2.05) is 36.4 Å². The topological polar surface area (TPSA) is 121 Å². The maximum atomic E-state index is 12.8. The molecule has 0 aliphatic heterocycles. The normalized spacial score (nSPS) is 14.5. The number of nitrogens with one attached hydrogen (secondary N) is 1. The van der Waals surface area contributed by atoms with Gasteiger partial charge in [-0.15, -0.1) is 0 Å². The number of aromatic nitrogens is 2. The first kappa shape index (κ1) is 22.7. The predicted molar refractivity (Wildman–Crippen MR) is 133 cm³/mol. The van der Waals surface area contributed by atoms with Crippen molar-refractivity contribution in [1.29, 1.82) is 0 Å². The molecular weight excluding hydrogens is 440 g/mol. The molecule has 0 radical (unpaired) electrons. The molecule has 1 aromatic heterocycles. The van der Waals surface area contributed by atoms with Gasteiger partial charge in [-0.2, -0.15) is 0 Å². The summed E-state index contributed by atoms with van der Waals surface area (Å²) >= 11 is 0. The third-order valence-electron chi connectivity index (χ3n) is 6.84. The Hall–Kier alpha value is -4.03. The molecule has 35 heavy (non-hydrogen) atoms. The molecule has 2 aliphatic carbocycles. The number of rotatable bonds is 6. The molecule has 0 bridgehead atoms. The van der Waals surface area contributed by atoms with E-state index < -0.39 is 5.91 Å². The van der Waals surface area contributed by atoms with Gasteiger partial charge >= 0.3 is 0 Å². The Labute approximate surface area is 203 Å². The molecule has 5 rings (SSSR count). The maximum Gasteiger partial charge on any atom is 0.249 e. The summed E-state index contributed by atoms with van der Waals surface area (Å²) in [6, 6.07) is 15.0. The number of benzene rings is 2. The van der Waals surface area contributed by atoms with Crippen molar-refractivity contribution >= 4 is 17.6 Å². The van der Waals surface area contributed by atoms with Crippen LogP contribution in [0.2, 0.25) is 0 Å². The molecule has 0 unspecified atom stereocenters. The van der Waals surface area contributed by atoms with Gasteiger partial charge in [0.15, 0.2) is 5.82 Å². The lowest BCUT2D eigenvalue weighted by molar-refractivity contribution is -0.115. The van der Waals surface area contributed by atoms with Crippen LogP contribution in [0.15, 0.2) is 53.6 Å². The van der Waals surface area contributed by atoms with Crippen LogP contribution in [0, 0.1) is 5.92 Å². The van der Waals surface area contributed by atoms with E-state index in [0.717, 1.165) is 53.0 Å². The summed E-state index contributed by atoms with van der Waals surface area (Å²) in [4.78, 5) is 37.4. The van der Waals surface area contributed by atoms with Crippen LogP contribution >= 0.6 is 0 Å². The van der Waals surface area contributed by atoms with Crippen LogP contribution in [0.25, 0.3) is 21.7 Å². The molecule has 0 spiro atoms. The van der Waals surface area contributed by atoms with Gasteiger partial charge in [0.05, 0.1) is 23.5 Å². The lowest BCUT2D eigenvalue weighted by Crippen LogP contribution is -2.20. The highest BCUT2D eigenvalue weighted by Gasteiger charge is 2.25. The standard InChI is InChI=1S/C27H26N6O2/c28-33-32-27(35)20-10-12-21-19(16-20)11-13-22-25(21)29-23(14-17-8-4-5-9-17)26(30-22)31-24(34)15-18-6-2-1-3-7-18/h1-3,6-7,10,12,16-17H,4-5,8-9,11,13-15H2,(H,30,31,34). The number of nitrogens with zero attached hydrogens (tertiary/aromatic N) is 5. The lowest BCUT2D eigenvalue weighted by atomic mass is 9.90. The molecule has 1 heterocycles. The van der Waals surface area contributed by atoms with Gasteiger partial charge in [0.25, 0.3) is 0 Å². The summed E-state index contributed by atoms with van der Waals surface area (Å²) in [5.41, 5.74) is 14.3. The van der Waals surface area contributed by atoms with Gasteiger partial charge in [0, 0.05) is 16.0 Å². The monoisotopic (exact) mass is 466 g/mol. The highest BCUT2D eigenvalue weighted by Crippen LogP contribution is 2.35. The molecule has 2 aliphatic rings. The number of carbonyl (C=O) groups excluding carboxylic acids is 2. The third-order valence-corrected chi connectivity index (χ3v) is 6.84. The molecule has 1 fully saturated rings. The Kier molecular flexibility index (Phi) is 6.55. The van der Waals surface area contributed by atoms with Gasteiger partial charge in [-0.25, -0.2) is 9.97 Å². The summed E-state index contributed by atoms with van der Waals surface area (Å²) in [5, 5.41) is 6.24. The van der Waals surface area contributed by atoms with Gasteiger partial charge in [-0.1, -0.05) is 68.1 Å². The van der Waals surface area contributed by atoms with Crippen LogP contribution in [-0.4, -0.2) is 21.8 Å². The summed E-state index contributed by atoms with van der Waals surface area (Å²) in [7, 11) is 0. The van der Waals surface area contributed by atoms with E-state index in [-0.39, 0.29) is 12.3 Å². The van der Waals surface area contributed by atoms with E-state index in [2.05, 4.69) is 15.3 Å². The Bertz CT molecular complexity index is 1320. The first-order chi connectivity index (χ1) is 17.1. The zero-order chi connectivity index (χ0) is 24.2. The predicted octanol–water partition coefficient (Wildman–Crippen LogP) is 5.61. The Balaban J connectivity index is 1.48. The largest absolute Gasteiger partial charge is 0.309 e. The second-order valence-electron chi connectivity index (χ2n) is 9.25. The van der Waals surface area contributed by atoms with E-state index >= 15 is 0 Å². The number of anilines is 1. The highest BCUT2D eigenvalue weighted by atomic mass is 16.2. The van der Waals surface area contributed by atoms with Gasteiger partial charge in [-0.05, 0) is 53.0 Å². The Morgan fingerprint density at radius 3 is 2.63 bits per heavy atom. The third kappa shape index (κ3) is 5.08. The molecule has 176 valence electrons. The number of carbonyl (C=O) groups is 2. The SMILES string of the molecule is [N-]=[N+]=NC(=O)c1ccc2c(c1)CCc1nc(NC(=O)Cc3ccccc3)c(CC3CCCC3)nc1-2. The van der Waals surface area contributed by atoms with Crippen LogP contribution in [0.4, 0.5) is 5.82 Å². The summed E-state index contributed by atoms with van der Waals surface area (Å²) in [5.74, 6) is 0.412. The molecule has 2 amide bonds. The summed E-state index contributed by atoms with van der Waals surface area (Å²) in [6.45, 7) is 0. The molecule has 1 N–H and O–H groups in total. The van der Waals surface area contributed by atoms with Gasteiger partial charge in [0.1, 0.15) is 0 Å². The molecule has 3 aromatic rings. The fourth-order valence-electron chi connectivity index (χ4n) is 5.10. The van der Waals surface area contributed by atoms with Crippen molar-refractivity contribution in [2.24, 2.45) is 11.0 Å². The fraction of sp³-hybridized carbons (Fsp3) is 0.333. The number of fused-ring (bicyclic) bond motifs is 3. The Morgan fingerprint density at radius 1 is 1.06 bits per heavy atom. The van der Waals surface area contributed by atoms with Crippen LogP contribution < -0.4 is 5.32 Å². The number of azide groups is 1. The lowest BCUT2D eigenvalue weighted by Gasteiger charge is -2.22. The van der Waals surface area contributed by atoms with E-state index in [0.29, 0.717) is 30.1 Å². The zero-order valence-electron chi connectivity index (χ0n) is 19.4. The van der Waals surface area contributed by atoms with Crippen molar-refractivity contribution < 1.29 is 9.59 Å². The van der Waals surface area contributed by atoms with E-state index in [4.69, 9.17) is 15.5 Å². The quantitative estimate of drug-likeness (QED) is 0.288. The molecule has 2 aromatic carbocycles. The van der Waals surface area contributed by atoms with Crippen LogP contribution in [0.5, 0.6) is 0 Å². The average Bonchev–Trinajstić information content (AvgIpc) is 3.38. The molecule has 8 nitrogen and oxygen atoms in total. The molecule has 8 heteroatoms. The zero-order valence-corrected chi connectivity index (χ0v) is 19.4. The van der Waals surface area contributed by atoms with Gasteiger partial charge in [-0.3, -0.25) is 9.59 Å². The molecule has 0 atom stereocenters. The van der Waals surface area contributed by atoms with Crippen molar-refractivity contribution in [3.63, 3.8) is 0 Å². The maximum absolute atomic E-state index is 12.8. The average molecular weight is 467 g/mol. The van der Waals surface area contributed by atoms with Crippen molar-refractivity contribution in [1.82, 2.24) is 9.97 Å². The molecular formula is C27H26N6O2. The van der Waals surface area contributed by atoms with Crippen molar-refractivity contribution in [3.05, 3.63) is 87.1 Å². The Morgan fingerprint density at radius 2 is 1.86 bits per heavy atom. The van der Waals surface area contributed by atoms with E-state index in [1.165, 1.54) is 12.8 Å². The molecule has 1 saturated carbocycles. The second kappa shape index (κ2) is 10.1. The van der Waals surface area contributed by atoms with E-state index in [1.54, 1.807) is 12.1 Å². The summed E-state index contributed by atoms with van der Waals surface area (Å²) < 4.78 is 0. The van der Waals surface area contributed by atoms with Crippen molar-refractivity contribution in [2.45, 2.75) is 51.4 Å². The highest BCUT2D eigenvalue weighted by molar-refractivity contribution is 5.96. The smallest absolute Gasteiger partial charge is 0.249 e. The van der Waals surface area contributed by atoms with Gasteiger partial charge in [0.2, 0.25) is 11.8 Å². The van der Waals surface area contributed by atoms with Crippen LogP contribution in [0.1, 0.15) is 58.6 Å². The van der Waals surface area contributed by atoms with E-state index in [9.17, 15) is 9.59 Å². The summed E-state index contributed by atoms with van der Waals surface area (Å²) in [6.07, 6.45) is 7.19. The van der Waals surface area contributed by atoms with Crippen LogP contribution in [0.3, 0.4) is 0 Å². The minimum atomic E-state index is -0.592. The van der Waals surface area contributed by atoms with Crippen molar-refractivity contribution in [2.75, 3.05) is 5.32 Å². The number of hydrogen-bond acceptors (Lipinski definition) is 4. The van der Waals surface area contributed by atoms with Gasteiger partial charge < -0.3 is 5.32 Å². The minimum Gasteiger partial charge on any atom is -0.309 e. The van der Waals surface area contributed by atoms with Crippen molar-refractivity contribution in [3.8, 4) is 11.3 Å². The first-order valence-corrected chi connectivity index (χ1v) is 12.1. The molecule has 0 saturated heterocycles. The minimum absolute atomic E-state index is 0.101. The second-order valence-corrected chi connectivity index (χ2v) is 9.25. The fourth-order valence-corrected chi connectivity index (χ4v) is 5.10. The first-order valence-electron chi connectivity index (χ1n) is 12.1. The number of amides is 2. The number of hydrogen-bond donors (Lipinski definition) is 1.